The number of halogens is 2. The highest BCUT2D eigenvalue weighted by Crippen LogP contribution is 2.48. The van der Waals surface area contributed by atoms with Gasteiger partial charge in [-0.15, -0.1) is 0 Å². The van der Waals surface area contributed by atoms with E-state index in [0.29, 0.717) is 34.1 Å². The van der Waals surface area contributed by atoms with Crippen molar-refractivity contribution < 1.29 is 13.7 Å². The van der Waals surface area contributed by atoms with Gasteiger partial charge >= 0.3 is 0 Å². The number of hydrogen-bond acceptors (Lipinski definition) is 4. The molecule has 1 aromatic heterocycles. The van der Waals surface area contributed by atoms with Crippen molar-refractivity contribution in [2.45, 2.75) is 25.2 Å². The van der Waals surface area contributed by atoms with E-state index in [0.717, 1.165) is 37.2 Å². The van der Waals surface area contributed by atoms with Crippen LogP contribution < -0.4 is 4.90 Å². The highest BCUT2D eigenvalue weighted by atomic mass is 35.5. The molecule has 7 heteroatoms. The van der Waals surface area contributed by atoms with E-state index in [1.54, 1.807) is 30.0 Å². The SMILES string of the molecule is Cc1onc(-c2ccccc2Cl)c1C(=O)N1CC2(CCN(C)CC2)c2cc(F)ccc21. The molecule has 0 saturated carbocycles. The van der Waals surface area contributed by atoms with Gasteiger partial charge in [0.2, 0.25) is 0 Å². The summed E-state index contributed by atoms with van der Waals surface area (Å²) in [5, 5.41) is 4.65. The topological polar surface area (TPSA) is 49.6 Å². The van der Waals surface area contributed by atoms with Gasteiger partial charge in [-0.2, -0.15) is 0 Å². The Morgan fingerprint density at radius 1 is 1.19 bits per heavy atom. The first-order valence-corrected chi connectivity index (χ1v) is 10.8. The molecule has 0 radical (unpaired) electrons. The number of rotatable bonds is 2. The lowest BCUT2D eigenvalue weighted by molar-refractivity contribution is 0.0978. The van der Waals surface area contributed by atoms with Crippen molar-refractivity contribution >= 4 is 23.2 Å². The molecule has 1 amide bonds. The van der Waals surface area contributed by atoms with E-state index in [9.17, 15) is 9.18 Å². The number of anilines is 1. The Hall–Kier alpha value is -2.70. The largest absolute Gasteiger partial charge is 0.360 e. The minimum atomic E-state index is -0.274. The van der Waals surface area contributed by atoms with Gasteiger partial charge in [-0.3, -0.25) is 4.79 Å². The summed E-state index contributed by atoms with van der Waals surface area (Å²) in [5.41, 5.74) is 2.92. The average molecular weight is 440 g/mol. The number of amides is 1. The quantitative estimate of drug-likeness (QED) is 0.559. The first kappa shape index (κ1) is 20.2. The van der Waals surface area contributed by atoms with Crippen molar-refractivity contribution in [3.8, 4) is 11.3 Å². The van der Waals surface area contributed by atoms with Crippen molar-refractivity contribution in [2.75, 3.05) is 31.6 Å². The highest BCUT2D eigenvalue weighted by Gasteiger charge is 2.47. The predicted octanol–water partition coefficient (Wildman–Crippen LogP) is 5.07. The average Bonchev–Trinajstić information content (AvgIpc) is 3.29. The zero-order chi connectivity index (χ0) is 21.8. The number of fused-ring (bicyclic) bond motifs is 2. The van der Waals surface area contributed by atoms with E-state index in [-0.39, 0.29) is 17.1 Å². The number of likely N-dealkylation sites (tertiary alicyclic amines) is 1. The molecule has 1 saturated heterocycles. The second-order valence-electron chi connectivity index (χ2n) is 8.58. The van der Waals surface area contributed by atoms with E-state index in [1.807, 2.05) is 18.2 Å². The van der Waals surface area contributed by atoms with Gasteiger partial charge in [0.1, 0.15) is 22.8 Å². The van der Waals surface area contributed by atoms with Gasteiger partial charge in [-0.25, -0.2) is 4.39 Å². The van der Waals surface area contributed by atoms with Crippen LogP contribution in [0.3, 0.4) is 0 Å². The van der Waals surface area contributed by atoms with Crippen LogP contribution in [0.25, 0.3) is 11.3 Å². The number of piperidine rings is 1. The van der Waals surface area contributed by atoms with Crippen molar-refractivity contribution in [1.82, 2.24) is 10.1 Å². The molecule has 0 aliphatic carbocycles. The summed E-state index contributed by atoms with van der Waals surface area (Å²) < 4.78 is 19.6. The maximum absolute atomic E-state index is 14.2. The molecular formula is C24H23ClFN3O2. The third kappa shape index (κ3) is 3.25. The summed E-state index contributed by atoms with van der Waals surface area (Å²) in [4.78, 5) is 17.9. The third-order valence-electron chi connectivity index (χ3n) is 6.68. The normalized spacial score (nSPS) is 17.9. The van der Waals surface area contributed by atoms with Crippen LogP contribution >= 0.6 is 11.6 Å². The minimum Gasteiger partial charge on any atom is -0.360 e. The van der Waals surface area contributed by atoms with Crippen LogP contribution in [0.2, 0.25) is 5.02 Å². The smallest absolute Gasteiger partial charge is 0.264 e. The van der Waals surface area contributed by atoms with Crippen LogP contribution in [-0.2, 0) is 5.41 Å². The second-order valence-corrected chi connectivity index (χ2v) is 8.99. The van der Waals surface area contributed by atoms with Crippen molar-refractivity contribution in [3.05, 3.63) is 70.2 Å². The molecule has 0 N–H and O–H groups in total. The number of carbonyl (C=O) groups excluding carboxylic acids is 1. The van der Waals surface area contributed by atoms with Gasteiger partial charge in [0, 0.05) is 23.2 Å². The molecular weight excluding hydrogens is 417 g/mol. The number of hydrogen-bond donors (Lipinski definition) is 0. The van der Waals surface area contributed by atoms with Crippen LogP contribution in [0.4, 0.5) is 10.1 Å². The monoisotopic (exact) mass is 439 g/mol. The lowest BCUT2D eigenvalue weighted by Crippen LogP contribution is -2.45. The van der Waals surface area contributed by atoms with Crippen LogP contribution in [0.1, 0.15) is 34.5 Å². The maximum Gasteiger partial charge on any atom is 0.264 e. The lowest BCUT2D eigenvalue weighted by Gasteiger charge is -2.38. The van der Waals surface area contributed by atoms with Gasteiger partial charge < -0.3 is 14.3 Å². The first-order chi connectivity index (χ1) is 14.9. The molecule has 2 aliphatic heterocycles. The van der Waals surface area contributed by atoms with Crippen LogP contribution in [0, 0.1) is 12.7 Å². The molecule has 5 nitrogen and oxygen atoms in total. The van der Waals surface area contributed by atoms with Crippen molar-refractivity contribution in [2.24, 2.45) is 0 Å². The van der Waals surface area contributed by atoms with Gasteiger partial charge in [0.25, 0.3) is 5.91 Å². The summed E-state index contributed by atoms with van der Waals surface area (Å²) >= 11 is 6.38. The van der Waals surface area contributed by atoms with Gasteiger partial charge in [-0.1, -0.05) is 35.0 Å². The Labute approximate surface area is 185 Å². The number of carbonyl (C=O) groups is 1. The zero-order valence-corrected chi connectivity index (χ0v) is 18.2. The molecule has 31 heavy (non-hydrogen) atoms. The zero-order valence-electron chi connectivity index (χ0n) is 17.5. The molecule has 1 fully saturated rings. The molecule has 0 atom stereocenters. The molecule has 2 aliphatic rings. The number of aryl methyl sites for hydroxylation is 1. The van der Waals surface area contributed by atoms with E-state index in [2.05, 4.69) is 17.1 Å². The fraction of sp³-hybridized carbons (Fsp3) is 0.333. The predicted molar refractivity (Wildman–Crippen MR) is 118 cm³/mol. The molecule has 3 aromatic rings. The summed E-state index contributed by atoms with van der Waals surface area (Å²) in [6.07, 6.45) is 1.76. The molecule has 5 rings (SSSR count). The first-order valence-electron chi connectivity index (χ1n) is 10.4. The summed E-state index contributed by atoms with van der Waals surface area (Å²) in [6.45, 7) is 4.07. The Bertz CT molecular complexity index is 1170. The molecule has 2 aromatic carbocycles. The van der Waals surface area contributed by atoms with Crippen LogP contribution in [0.5, 0.6) is 0 Å². The number of aromatic nitrogens is 1. The van der Waals surface area contributed by atoms with Crippen LogP contribution in [0.15, 0.2) is 47.0 Å². The maximum atomic E-state index is 14.2. The molecule has 3 heterocycles. The Kier molecular flexibility index (Phi) is 4.87. The summed E-state index contributed by atoms with van der Waals surface area (Å²) in [5.74, 6) is -0.0329. The molecule has 0 unspecified atom stereocenters. The Morgan fingerprint density at radius 3 is 2.68 bits per heavy atom. The fourth-order valence-electron chi connectivity index (χ4n) is 4.89. The lowest BCUT2D eigenvalue weighted by atomic mass is 9.74. The summed E-state index contributed by atoms with van der Waals surface area (Å²) in [6, 6.07) is 12.0. The van der Waals surface area contributed by atoms with Gasteiger partial charge in [-0.05, 0) is 69.7 Å². The minimum absolute atomic E-state index is 0.197. The third-order valence-corrected chi connectivity index (χ3v) is 7.01. The number of benzene rings is 2. The number of nitrogens with zero attached hydrogens (tertiary/aromatic N) is 3. The van der Waals surface area contributed by atoms with E-state index in [4.69, 9.17) is 16.1 Å². The molecule has 160 valence electrons. The highest BCUT2D eigenvalue weighted by molar-refractivity contribution is 6.33. The van der Waals surface area contributed by atoms with E-state index < -0.39 is 0 Å². The Morgan fingerprint density at radius 2 is 1.94 bits per heavy atom. The Balaban J connectivity index is 1.59. The van der Waals surface area contributed by atoms with Gasteiger partial charge in [0.15, 0.2) is 0 Å². The fourth-order valence-corrected chi connectivity index (χ4v) is 5.12. The van der Waals surface area contributed by atoms with E-state index in [1.165, 1.54) is 6.07 Å². The summed E-state index contributed by atoms with van der Waals surface area (Å²) in [7, 11) is 2.09. The van der Waals surface area contributed by atoms with Crippen molar-refractivity contribution in [3.63, 3.8) is 0 Å². The van der Waals surface area contributed by atoms with E-state index >= 15 is 0 Å². The van der Waals surface area contributed by atoms with Crippen LogP contribution in [-0.4, -0.2) is 42.6 Å². The standard InChI is InChI=1S/C24H23ClFN3O2/c1-15-21(22(27-31-15)17-5-3-4-6-19(17)25)23(30)29-14-24(9-11-28(2)12-10-24)18-13-16(26)7-8-20(18)29/h3-8,13H,9-12,14H2,1-2H3. The van der Waals surface area contributed by atoms with Gasteiger partial charge in [0.05, 0.1) is 5.02 Å². The molecule has 1 spiro atoms. The second kappa shape index (κ2) is 7.46. The molecule has 0 bridgehead atoms. The van der Waals surface area contributed by atoms with Crippen molar-refractivity contribution in [1.29, 1.82) is 0 Å².